The van der Waals surface area contributed by atoms with Crippen molar-refractivity contribution in [3.63, 3.8) is 0 Å². The molecule has 1 heterocycles. The first-order chi connectivity index (χ1) is 20.4. The topological polar surface area (TPSA) is 54.4 Å². The Morgan fingerprint density at radius 3 is 2.67 bits per heavy atom. The Kier molecular flexibility index (Phi) is 10.6. The van der Waals surface area contributed by atoms with Crippen LogP contribution in [0.15, 0.2) is 60.4 Å². The van der Waals surface area contributed by atoms with Crippen LogP contribution >= 0.6 is 0 Å². The number of halogens is 1. The summed E-state index contributed by atoms with van der Waals surface area (Å²) in [6, 6.07) is 11.3. The number of nitrogens with zero attached hydrogens (tertiary/aromatic N) is 2. The van der Waals surface area contributed by atoms with Gasteiger partial charge in [-0.05, 0) is 117 Å². The van der Waals surface area contributed by atoms with Crippen LogP contribution in [-0.4, -0.2) is 74.6 Å². The van der Waals surface area contributed by atoms with Gasteiger partial charge in [0.1, 0.15) is 18.1 Å². The fourth-order valence-corrected chi connectivity index (χ4v) is 6.87. The monoisotopic (exact) mass is 578 g/mol. The van der Waals surface area contributed by atoms with Crippen LogP contribution in [0.1, 0.15) is 42.9 Å². The molecular formula is C35H47FN2O4. The highest BCUT2D eigenvalue weighted by Gasteiger charge is 2.34. The van der Waals surface area contributed by atoms with Gasteiger partial charge in [0.25, 0.3) is 0 Å². The van der Waals surface area contributed by atoms with Gasteiger partial charge in [-0.25, -0.2) is 4.39 Å². The summed E-state index contributed by atoms with van der Waals surface area (Å²) in [4.78, 5) is 4.69. The van der Waals surface area contributed by atoms with Gasteiger partial charge in [0, 0.05) is 38.9 Å². The predicted molar refractivity (Wildman–Crippen MR) is 164 cm³/mol. The Balaban J connectivity index is 1.21. The maximum atomic E-state index is 15.2. The zero-order valence-corrected chi connectivity index (χ0v) is 25.4. The number of aromatic hydroxyl groups is 1. The lowest BCUT2D eigenvalue weighted by Gasteiger charge is -2.41. The number of benzene rings is 2. The summed E-state index contributed by atoms with van der Waals surface area (Å²) in [5, 5.41) is 9.92. The lowest BCUT2D eigenvalue weighted by Crippen LogP contribution is -2.43. The minimum atomic E-state index is -0.309. The molecule has 1 saturated heterocycles. The zero-order chi connectivity index (χ0) is 29.5. The maximum absolute atomic E-state index is 15.2. The maximum Gasteiger partial charge on any atom is 0.165 e. The van der Waals surface area contributed by atoms with E-state index in [1.165, 1.54) is 11.1 Å². The molecule has 1 N–H and O–H groups in total. The molecule has 0 amide bonds. The van der Waals surface area contributed by atoms with Crippen molar-refractivity contribution in [1.29, 1.82) is 0 Å². The van der Waals surface area contributed by atoms with E-state index < -0.39 is 0 Å². The summed E-state index contributed by atoms with van der Waals surface area (Å²) < 4.78 is 32.1. The number of rotatable bonds is 12. The molecule has 7 heteroatoms. The molecule has 228 valence electrons. The fraction of sp³-hybridized carbons (Fsp3) is 0.543. The molecule has 1 aliphatic heterocycles. The Morgan fingerprint density at radius 2 is 1.90 bits per heavy atom. The van der Waals surface area contributed by atoms with Crippen LogP contribution in [0.25, 0.3) is 0 Å². The third kappa shape index (κ3) is 7.74. The average Bonchev–Trinajstić information content (AvgIpc) is 3.01. The number of ether oxygens (including phenoxy) is 3. The second-order valence-electron chi connectivity index (χ2n) is 12.2. The highest BCUT2D eigenvalue weighted by molar-refractivity contribution is 5.37. The summed E-state index contributed by atoms with van der Waals surface area (Å²) in [7, 11) is 3.82. The van der Waals surface area contributed by atoms with Crippen molar-refractivity contribution >= 4 is 0 Å². The number of hydrogen-bond acceptors (Lipinski definition) is 6. The Bertz CT molecular complexity index is 1240. The lowest BCUT2D eigenvalue weighted by molar-refractivity contribution is 0.0542. The van der Waals surface area contributed by atoms with Crippen molar-refractivity contribution < 1.29 is 23.7 Å². The number of fused-ring (bicyclic) bond motifs is 1. The van der Waals surface area contributed by atoms with Crippen molar-refractivity contribution in [2.75, 3.05) is 53.6 Å². The Morgan fingerprint density at radius 1 is 1.07 bits per heavy atom. The van der Waals surface area contributed by atoms with Gasteiger partial charge in [0.05, 0.1) is 7.11 Å². The second-order valence-corrected chi connectivity index (χ2v) is 12.2. The summed E-state index contributed by atoms with van der Waals surface area (Å²) in [6.45, 7) is 7.59. The number of hydrogen-bond donors (Lipinski definition) is 1. The molecule has 2 aromatic carbocycles. The Labute approximate surface area is 250 Å². The molecule has 1 fully saturated rings. The predicted octanol–water partition coefficient (Wildman–Crippen LogP) is 5.98. The largest absolute Gasteiger partial charge is 0.508 e. The van der Waals surface area contributed by atoms with E-state index in [-0.39, 0.29) is 11.9 Å². The third-order valence-corrected chi connectivity index (χ3v) is 9.30. The molecule has 0 aromatic heterocycles. The molecule has 5 rings (SSSR count). The van der Waals surface area contributed by atoms with Gasteiger partial charge in [-0.2, -0.15) is 0 Å². The van der Waals surface area contributed by atoms with Crippen LogP contribution in [0.5, 0.6) is 11.5 Å². The van der Waals surface area contributed by atoms with Crippen molar-refractivity contribution in [2.45, 2.75) is 51.6 Å². The minimum absolute atomic E-state index is 0.142. The van der Waals surface area contributed by atoms with E-state index in [1.54, 1.807) is 25.3 Å². The van der Waals surface area contributed by atoms with Crippen molar-refractivity contribution in [3.05, 3.63) is 82.9 Å². The van der Waals surface area contributed by atoms with E-state index in [4.69, 9.17) is 14.2 Å². The van der Waals surface area contributed by atoms with Crippen molar-refractivity contribution in [3.8, 4) is 11.5 Å². The van der Waals surface area contributed by atoms with E-state index in [9.17, 15) is 5.11 Å². The summed E-state index contributed by atoms with van der Waals surface area (Å²) in [5.41, 5.74) is 3.52. The van der Waals surface area contributed by atoms with Gasteiger partial charge in [-0.1, -0.05) is 25.1 Å². The van der Waals surface area contributed by atoms with Gasteiger partial charge in [-0.15, -0.1) is 0 Å². The van der Waals surface area contributed by atoms with E-state index >= 15 is 4.39 Å². The quantitative estimate of drug-likeness (QED) is 0.335. The molecule has 2 unspecified atom stereocenters. The molecule has 3 aliphatic rings. The molecule has 0 spiro atoms. The van der Waals surface area contributed by atoms with Crippen LogP contribution < -0.4 is 4.74 Å². The summed E-state index contributed by atoms with van der Waals surface area (Å²) >= 11 is 0. The Hall–Kier alpha value is -2.87. The van der Waals surface area contributed by atoms with Crippen molar-refractivity contribution in [1.82, 2.24) is 9.80 Å². The number of phenols is 1. The number of allylic oxidation sites excluding steroid dienone is 1. The van der Waals surface area contributed by atoms with Crippen LogP contribution in [0, 0.1) is 23.6 Å². The van der Waals surface area contributed by atoms with Crippen LogP contribution in [0.2, 0.25) is 0 Å². The van der Waals surface area contributed by atoms with E-state index in [0.717, 1.165) is 76.3 Å². The lowest BCUT2D eigenvalue weighted by atomic mass is 9.72. The molecule has 0 radical (unpaired) electrons. The van der Waals surface area contributed by atoms with Crippen LogP contribution in [-0.2, 0) is 28.9 Å². The molecule has 0 bridgehead atoms. The highest BCUT2D eigenvalue weighted by atomic mass is 19.1. The smallest absolute Gasteiger partial charge is 0.165 e. The highest BCUT2D eigenvalue weighted by Crippen LogP contribution is 2.38. The number of phenolic OH excluding ortho intramolecular Hbond substituents is 1. The molecule has 42 heavy (non-hydrogen) atoms. The zero-order valence-electron chi connectivity index (χ0n) is 25.4. The van der Waals surface area contributed by atoms with E-state index in [0.29, 0.717) is 42.4 Å². The van der Waals surface area contributed by atoms with Gasteiger partial charge in [0.2, 0.25) is 0 Å². The molecular weight excluding hydrogens is 531 g/mol. The first kappa shape index (κ1) is 30.6. The van der Waals surface area contributed by atoms with Gasteiger partial charge >= 0.3 is 0 Å². The molecule has 6 nitrogen and oxygen atoms in total. The van der Waals surface area contributed by atoms with Crippen LogP contribution in [0.3, 0.4) is 0 Å². The van der Waals surface area contributed by atoms with E-state index in [2.05, 4.69) is 48.1 Å². The molecule has 2 aliphatic carbocycles. The third-order valence-electron chi connectivity index (χ3n) is 9.30. The number of aryl methyl sites for hydroxylation is 1. The standard InChI is InChI=1S/C35H47FN2O4/c1-4-38(24-26-5-12-35(33(36)19-26)42-18-15-37(2)23-25-13-16-41-17-14-25)34-22-31(40-3)10-11-32(34)29-7-6-28-21-30(39)9-8-27(28)20-29/h5,8-12,19,21-22,25,29,32,34,39H,4,6-7,13-18,20,23-24H2,1-3H3/t29-,32?,34?/m1/s1. The first-order valence-corrected chi connectivity index (χ1v) is 15.6. The van der Waals surface area contributed by atoms with Crippen molar-refractivity contribution in [2.24, 2.45) is 17.8 Å². The van der Waals surface area contributed by atoms with E-state index in [1.807, 2.05) is 12.1 Å². The molecule has 3 atom stereocenters. The molecule has 0 saturated carbocycles. The second kappa shape index (κ2) is 14.5. The van der Waals surface area contributed by atoms with Gasteiger partial charge < -0.3 is 24.2 Å². The normalized spacial score (nSPS) is 22.7. The average molecular weight is 579 g/mol. The molecule has 2 aromatic rings. The number of likely N-dealkylation sites (N-methyl/N-ethyl adjacent to an activating group) is 2. The number of methoxy groups -OCH3 is 1. The summed E-state index contributed by atoms with van der Waals surface area (Å²) in [6.07, 6.45) is 11.9. The van der Waals surface area contributed by atoms with Gasteiger partial charge in [0.15, 0.2) is 11.6 Å². The summed E-state index contributed by atoms with van der Waals surface area (Å²) in [5.74, 6) is 2.67. The van der Waals surface area contributed by atoms with Gasteiger partial charge in [-0.3, -0.25) is 4.90 Å². The fourth-order valence-electron chi connectivity index (χ4n) is 6.87. The minimum Gasteiger partial charge on any atom is -0.508 e. The SMILES string of the molecule is CCN(Cc1ccc(OCCN(C)CC2CCOCC2)c(F)c1)C1C=C(OC)C=CC1[C@@H]1CCc2cc(O)ccc2C1. The first-order valence-electron chi connectivity index (χ1n) is 15.6. The van der Waals surface area contributed by atoms with Crippen LogP contribution in [0.4, 0.5) is 4.39 Å².